The van der Waals surface area contributed by atoms with Crippen molar-refractivity contribution >= 4 is 15.9 Å². The third-order valence-corrected chi connectivity index (χ3v) is 6.89. The average Bonchev–Trinajstić information content (AvgIpc) is 3.12. The van der Waals surface area contributed by atoms with Gasteiger partial charge in [-0.3, -0.25) is 4.79 Å². The van der Waals surface area contributed by atoms with Crippen LogP contribution in [-0.4, -0.2) is 62.4 Å². The molecule has 1 amide bonds. The molecule has 6 nitrogen and oxygen atoms in total. The molecule has 138 valence electrons. The standard InChI is InChI=1S/C18H26N2O4S/c1-14(2)15-5-7-16(8-6-15)25(22,23)20-9-3-4-17(20)18(21)19-10-12-24-13-11-19/h5-8,14,17H,3-4,9-13H2,1-2H3. The van der Waals surface area contributed by atoms with E-state index in [-0.39, 0.29) is 10.8 Å². The van der Waals surface area contributed by atoms with Crippen LogP contribution in [-0.2, 0) is 19.6 Å². The van der Waals surface area contributed by atoms with Crippen LogP contribution in [0.15, 0.2) is 29.2 Å². The summed E-state index contributed by atoms with van der Waals surface area (Å²) in [4.78, 5) is 14.8. The maximum atomic E-state index is 13.0. The number of sulfonamides is 1. The summed E-state index contributed by atoms with van der Waals surface area (Å²) in [6.07, 6.45) is 1.30. The molecule has 1 atom stereocenters. The number of morpholine rings is 1. The van der Waals surface area contributed by atoms with Gasteiger partial charge in [0.25, 0.3) is 0 Å². The van der Waals surface area contributed by atoms with Crippen molar-refractivity contribution in [2.24, 2.45) is 0 Å². The Hall–Kier alpha value is -1.44. The number of hydrogen-bond acceptors (Lipinski definition) is 4. The average molecular weight is 366 g/mol. The van der Waals surface area contributed by atoms with Gasteiger partial charge < -0.3 is 9.64 Å². The van der Waals surface area contributed by atoms with Gasteiger partial charge in [-0.15, -0.1) is 0 Å². The van der Waals surface area contributed by atoms with Crippen LogP contribution in [0.1, 0.15) is 38.2 Å². The van der Waals surface area contributed by atoms with Crippen LogP contribution in [0.5, 0.6) is 0 Å². The topological polar surface area (TPSA) is 66.9 Å². The van der Waals surface area contributed by atoms with Crippen LogP contribution in [0.4, 0.5) is 0 Å². The molecule has 0 aliphatic carbocycles. The lowest BCUT2D eigenvalue weighted by atomic mass is 10.0. The first kappa shape index (κ1) is 18.4. The SMILES string of the molecule is CC(C)c1ccc(S(=O)(=O)N2CCCC2C(=O)N2CCOCC2)cc1. The molecule has 0 radical (unpaired) electrons. The van der Waals surface area contributed by atoms with Crippen molar-refractivity contribution in [2.75, 3.05) is 32.8 Å². The molecule has 1 unspecified atom stereocenters. The van der Waals surface area contributed by atoms with Gasteiger partial charge in [-0.2, -0.15) is 4.31 Å². The summed E-state index contributed by atoms with van der Waals surface area (Å²) in [6.45, 7) is 6.64. The molecule has 0 saturated carbocycles. The van der Waals surface area contributed by atoms with E-state index in [1.807, 2.05) is 12.1 Å². The highest BCUT2D eigenvalue weighted by atomic mass is 32.2. The Morgan fingerprint density at radius 2 is 1.76 bits per heavy atom. The number of carbonyl (C=O) groups is 1. The highest BCUT2D eigenvalue weighted by Gasteiger charge is 2.41. The largest absolute Gasteiger partial charge is 0.378 e. The fourth-order valence-electron chi connectivity index (χ4n) is 3.43. The summed E-state index contributed by atoms with van der Waals surface area (Å²) >= 11 is 0. The predicted molar refractivity (Wildman–Crippen MR) is 94.8 cm³/mol. The van der Waals surface area contributed by atoms with Crippen molar-refractivity contribution in [1.82, 2.24) is 9.21 Å². The quantitative estimate of drug-likeness (QED) is 0.815. The Bertz CT molecular complexity index is 709. The van der Waals surface area contributed by atoms with Crippen molar-refractivity contribution in [3.63, 3.8) is 0 Å². The summed E-state index contributed by atoms with van der Waals surface area (Å²) in [6, 6.07) is 6.42. The minimum Gasteiger partial charge on any atom is -0.378 e. The molecule has 7 heteroatoms. The molecule has 0 N–H and O–H groups in total. The lowest BCUT2D eigenvalue weighted by molar-refractivity contribution is -0.138. The van der Waals surface area contributed by atoms with Gasteiger partial charge in [-0.25, -0.2) is 8.42 Å². The molecular weight excluding hydrogens is 340 g/mol. The van der Waals surface area contributed by atoms with Crippen LogP contribution in [0, 0.1) is 0 Å². The van der Waals surface area contributed by atoms with Gasteiger partial charge in [0.05, 0.1) is 18.1 Å². The molecule has 25 heavy (non-hydrogen) atoms. The van der Waals surface area contributed by atoms with Crippen LogP contribution >= 0.6 is 0 Å². The molecule has 2 fully saturated rings. The maximum Gasteiger partial charge on any atom is 0.243 e. The highest BCUT2D eigenvalue weighted by molar-refractivity contribution is 7.89. The summed E-state index contributed by atoms with van der Waals surface area (Å²) in [5, 5.41) is 0. The lowest BCUT2D eigenvalue weighted by Gasteiger charge is -2.32. The number of hydrogen-bond donors (Lipinski definition) is 0. The molecule has 2 heterocycles. The van der Waals surface area contributed by atoms with E-state index in [4.69, 9.17) is 4.74 Å². The van der Waals surface area contributed by atoms with E-state index in [9.17, 15) is 13.2 Å². The molecule has 2 saturated heterocycles. The molecule has 2 aliphatic rings. The molecule has 2 aliphatic heterocycles. The summed E-state index contributed by atoms with van der Waals surface area (Å²) in [7, 11) is -3.66. The molecule has 1 aromatic rings. The van der Waals surface area contributed by atoms with Crippen molar-refractivity contribution in [3.05, 3.63) is 29.8 Å². The summed E-state index contributed by atoms with van der Waals surface area (Å²) in [5.74, 6) is 0.252. The third kappa shape index (κ3) is 3.73. The Morgan fingerprint density at radius 3 is 2.36 bits per heavy atom. The summed E-state index contributed by atoms with van der Waals surface area (Å²) < 4.78 is 32.8. The van der Waals surface area contributed by atoms with Crippen molar-refractivity contribution in [3.8, 4) is 0 Å². The molecule has 0 spiro atoms. The zero-order valence-electron chi connectivity index (χ0n) is 14.8. The van der Waals surface area contributed by atoms with Gasteiger partial charge in [-0.05, 0) is 36.5 Å². The number of benzene rings is 1. The fraction of sp³-hybridized carbons (Fsp3) is 0.611. The first-order chi connectivity index (χ1) is 11.9. The van der Waals surface area contributed by atoms with Crippen LogP contribution in [0.3, 0.4) is 0 Å². The van der Waals surface area contributed by atoms with Crippen molar-refractivity contribution in [2.45, 2.75) is 43.5 Å². The van der Waals surface area contributed by atoms with Gasteiger partial charge in [0.15, 0.2) is 0 Å². The fourth-order valence-corrected chi connectivity index (χ4v) is 5.08. The Kier molecular flexibility index (Phi) is 5.46. The van der Waals surface area contributed by atoms with Gasteiger partial charge in [-0.1, -0.05) is 26.0 Å². The molecule has 1 aromatic carbocycles. The van der Waals surface area contributed by atoms with Crippen LogP contribution in [0.2, 0.25) is 0 Å². The van der Waals surface area contributed by atoms with Crippen LogP contribution in [0.25, 0.3) is 0 Å². The minimum atomic E-state index is -3.66. The normalized spacial score (nSPS) is 22.5. The van der Waals surface area contributed by atoms with Crippen LogP contribution < -0.4 is 0 Å². The number of carbonyl (C=O) groups excluding carboxylic acids is 1. The van der Waals surface area contributed by atoms with E-state index in [0.717, 1.165) is 5.56 Å². The minimum absolute atomic E-state index is 0.0943. The van der Waals surface area contributed by atoms with Crippen molar-refractivity contribution in [1.29, 1.82) is 0 Å². The number of rotatable bonds is 4. The zero-order valence-corrected chi connectivity index (χ0v) is 15.7. The molecule has 0 aromatic heterocycles. The van der Waals surface area contributed by atoms with E-state index >= 15 is 0 Å². The second kappa shape index (κ2) is 7.43. The lowest BCUT2D eigenvalue weighted by Crippen LogP contribution is -2.50. The Morgan fingerprint density at radius 1 is 1.12 bits per heavy atom. The monoisotopic (exact) mass is 366 g/mol. The second-order valence-electron chi connectivity index (χ2n) is 6.94. The first-order valence-corrected chi connectivity index (χ1v) is 10.3. The van der Waals surface area contributed by atoms with E-state index in [1.54, 1.807) is 17.0 Å². The van der Waals surface area contributed by atoms with E-state index in [0.29, 0.717) is 51.6 Å². The van der Waals surface area contributed by atoms with E-state index in [2.05, 4.69) is 13.8 Å². The zero-order chi connectivity index (χ0) is 18.0. The van der Waals surface area contributed by atoms with Gasteiger partial charge in [0, 0.05) is 19.6 Å². The van der Waals surface area contributed by atoms with E-state index in [1.165, 1.54) is 4.31 Å². The smallest absolute Gasteiger partial charge is 0.243 e. The first-order valence-electron chi connectivity index (χ1n) is 8.89. The van der Waals surface area contributed by atoms with Gasteiger partial charge >= 0.3 is 0 Å². The third-order valence-electron chi connectivity index (χ3n) is 4.96. The summed E-state index contributed by atoms with van der Waals surface area (Å²) in [5.41, 5.74) is 1.10. The predicted octanol–water partition coefficient (Wildman–Crippen LogP) is 1.82. The molecule has 3 rings (SSSR count). The van der Waals surface area contributed by atoms with Gasteiger partial charge in [0.2, 0.25) is 15.9 Å². The molecule has 0 bridgehead atoms. The Balaban J connectivity index is 1.81. The maximum absolute atomic E-state index is 13.0. The van der Waals surface area contributed by atoms with Crippen molar-refractivity contribution < 1.29 is 17.9 Å². The van der Waals surface area contributed by atoms with Gasteiger partial charge in [0.1, 0.15) is 6.04 Å². The second-order valence-corrected chi connectivity index (χ2v) is 8.83. The Labute approximate surface area is 149 Å². The highest BCUT2D eigenvalue weighted by Crippen LogP contribution is 2.28. The number of amides is 1. The molecular formula is C18H26N2O4S. The number of ether oxygens (including phenoxy) is 1. The number of nitrogens with zero attached hydrogens (tertiary/aromatic N) is 2. The van der Waals surface area contributed by atoms with E-state index < -0.39 is 16.1 Å².